The summed E-state index contributed by atoms with van der Waals surface area (Å²) in [5.41, 5.74) is -0.186. The summed E-state index contributed by atoms with van der Waals surface area (Å²) >= 11 is 0. The fourth-order valence-electron chi connectivity index (χ4n) is 5.38. The summed E-state index contributed by atoms with van der Waals surface area (Å²) in [7, 11) is -3.09. The molecule has 5 rings (SSSR count). The Labute approximate surface area is 119 Å². The van der Waals surface area contributed by atoms with Crippen LogP contribution in [-0.4, -0.2) is 26.1 Å². The van der Waals surface area contributed by atoms with E-state index in [9.17, 15) is 13.2 Å². The number of nitrogens with one attached hydrogen (secondary N) is 1. The van der Waals surface area contributed by atoms with Crippen LogP contribution >= 0.6 is 0 Å². The Kier molecular flexibility index (Phi) is 2.63. The number of sulfone groups is 1. The molecule has 1 aliphatic heterocycles. The van der Waals surface area contributed by atoms with Crippen LogP contribution in [-0.2, 0) is 14.6 Å². The monoisotopic (exact) mass is 295 g/mol. The molecule has 0 radical (unpaired) electrons. The van der Waals surface area contributed by atoms with Gasteiger partial charge >= 0.3 is 0 Å². The lowest BCUT2D eigenvalue weighted by Gasteiger charge is -2.55. The van der Waals surface area contributed by atoms with E-state index < -0.39 is 9.84 Å². The van der Waals surface area contributed by atoms with Crippen molar-refractivity contribution < 1.29 is 13.2 Å². The SMILES string of the molecule is O=C(NC1C=CS(=O)(=O)C1)C12CC3CC(CC(C3)C1)C2. The highest BCUT2D eigenvalue weighted by Crippen LogP contribution is 2.60. The normalized spacial score (nSPS) is 47.6. The lowest BCUT2D eigenvalue weighted by atomic mass is 9.49. The Bertz CT molecular complexity index is 543. The van der Waals surface area contributed by atoms with E-state index in [-0.39, 0.29) is 23.1 Å². The molecular weight excluding hydrogens is 274 g/mol. The van der Waals surface area contributed by atoms with Crippen LogP contribution in [0.1, 0.15) is 38.5 Å². The summed E-state index contributed by atoms with van der Waals surface area (Å²) in [6.45, 7) is 0. The van der Waals surface area contributed by atoms with Crippen LogP contribution in [0.25, 0.3) is 0 Å². The topological polar surface area (TPSA) is 63.2 Å². The molecule has 1 amide bonds. The molecule has 4 saturated carbocycles. The third kappa shape index (κ3) is 2.01. The van der Waals surface area contributed by atoms with Gasteiger partial charge < -0.3 is 5.32 Å². The molecule has 5 aliphatic rings. The minimum Gasteiger partial charge on any atom is -0.348 e. The first-order valence-electron chi connectivity index (χ1n) is 7.66. The minimum absolute atomic E-state index is 0.0328. The molecule has 1 N–H and O–H groups in total. The van der Waals surface area contributed by atoms with Crippen LogP contribution in [0, 0.1) is 23.2 Å². The average Bonchev–Trinajstić information content (AvgIpc) is 2.67. The quantitative estimate of drug-likeness (QED) is 0.842. The van der Waals surface area contributed by atoms with Gasteiger partial charge in [0.15, 0.2) is 9.84 Å². The maximum atomic E-state index is 12.7. The van der Waals surface area contributed by atoms with Gasteiger partial charge in [-0.1, -0.05) is 0 Å². The Balaban J connectivity index is 1.50. The van der Waals surface area contributed by atoms with Gasteiger partial charge in [0.05, 0.1) is 11.8 Å². The Morgan fingerprint density at radius 2 is 1.60 bits per heavy atom. The molecule has 110 valence electrons. The maximum absolute atomic E-state index is 12.7. The summed E-state index contributed by atoms with van der Waals surface area (Å²) in [4.78, 5) is 12.7. The van der Waals surface area contributed by atoms with Crippen molar-refractivity contribution in [3.63, 3.8) is 0 Å². The number of rotatable bonds is 2. The maximum Gasteiger partial charge on any atom is 0.226 e. The van der Waals surface area contributed by atoms with E-state index in [1.807, 2.05) is 0 Å². The summed E-state index contributed by atoms with van der Waals surface area (Å²) in [6.07, 6.45) is 8.61. The molecule has 0 aromatic carbocycles. The van der Waals surface area contributed by atoms with Crippen LogP contribution < -0.4 is 5.32 Å². The molecule has 0 saturated heterocycles. The first-order chi connectivity index (χ1) is 9.44. The van der Waals surface area contributed by atoms with Crippen LogP contribution in [0.15, 0.2) is 11.5 Å². The van der Waals surface area contributed by atoms with Crippen molar-refractivity contribution in [2.24, 2.45) is 23.2 Å². The molecular formula is C15H21NO3S. The van der Waals surface area contributed by atoms with Crippen molar-refractivity contribution >= 4 is 15.7 Å². The van der Waals surface area contributed by atoms with Gasteiger partial charge in [-0.3, -0.25) is 4.79 Å². The Hall–Kier alpha value is -0.840. The number of hydrogen-bond acceptors (Lipinski definition) is 3. The van der Waals surface area contributed by atoms with Crippen LogP contribution in [0.3, 0.4) is 0 Å². The lowest BCUT2D eigenvalue weighted by molar-refractivity contribution is -0.146. The standard InChI is InChI=1S/C15H21NO3S/c17-14(16-13-1-2-20(18,19)9-13)15-6-10-3-11(7-15)5-12(4-10)8-15/h1-2,10-13H,3-9H2,(H,16,17). The number of hydrogen-bond donors (Lipinski definition) is 1. The van der Waals surface area contributed by atoms with E-state index in [1.165, 1.54) is 24.7 Å². The number of carbonyl (C=O) groups excluding carboxylic acids is 1. The lowest BCUT2D eigenvalue weighted by Crippen LogP contribution is -2.55. The van der Waals surface area contributed by atoms with Crippen molar-refractivity contribution in [1.82, 2.24) is 5.32 Å². The van der Waals surface area contributed by atoms with E-state index in [1.54, 1.807) is 6.08 Å². The largest absolute Gasteiger partial charge is 0.348 e. The number of carbonyl (C=O) groups is 1. The van der Waals surface area contributed by atoms with Gasteiger partial charge in [0.1, 0.15) is 0 Å². The van der Waals surface area contributed by atoms with E-state index in [4.69, 9.17) is 0 Å². The minimum atomic E-state index is -3.09. The van der Waals surface area contributed by atoms with Gasteiger partial charge in [-0.15, -0.1) is 0 Å². The van der Waals surface area contributed by atoms with Crippen molar-refractivity contribution in [3.05, 3.63) is 11.5 Å². The first kappa shape index (κ1) is 12.9. The highest BCUT2D eigenvalue weighted by molar-refractivity contribution is 7.94. The summed E-state index contributed by atoms with van der Waals surface area (Å²) in [5, 5.41) is 4.22. The fraction of sp³-hybridized carbons (Fsp3) is 0.800. The van der Waals surface area contributed by atoms with E-state index in [0.29, 0.717) is 0 Å². The molecule has 0 aromatic rings. The molecule has 4 nitrogen and oxygen atoms in total. The fourth-order valence-corrected chi connectivity index (χ4v) is 6.61. The van der Waals surface area contributed by atoms with Gasteiger partial charge in [0.25, 0.3) is 0 Å². The molecule has 1 heterocycles. The predicted octanol–water partition coefficient (Wildman–Crippen LogP) is 1.63. The smallest absolute Gasteiger partial charge is 0.226 e. The molecule has 0 spiro atoms. The molecule has 1 atom stereocenters. The highest BCUT2D eigenvalue weighted by atomic mass is 32.2. The van der Waals surface area contributed by atoms with Gasteiger partial charge in [-0.25, -0.2) is 8.42 Å². The predicted molar refractivity (Wildman–Crippen MR) is 75.5 cm³/mol. The molecule has 4 aliphatic carbocycles. The zero-order chi connectivity index (χ0) is 14.0. The third-order valence-electron chi connectivity index (χ3n) is 5.77. The molecule has 4 fully saturated rings. The van der Waals surface area contributed by atoms with Crippen LogP contribution in [0.2, 0.25) is 0 Å². The van der Waals surface area contributed by atoms with Crippen LogP contribution in [0.5, 0.6) is 0 Å². The van der Waals surface area contributed by atoms with Gasteiger partial charge in [-0.2, -0.15) is 0 Å². The molecule has 5 heteroatoms. The average molecular weight is 295 g/mol. The van der Waals surface area contributed by atoms with Crippen molar-refractivity contribution in [2.45, 2.75) is 44.6 Å². The summed E-state index contributed by atoms with van der Waals surface area (Å²) in [6, 6.07) is -0.319. The van der Waals surface area contributed by atoms with Crippen molar-refractivity contribution in [1.29, 1.82) is 0 Å². The van der Waals surface area contributed by atoms with Gasteiger partial charge in [0, 0.05) is 10.8 Å². The Morgan fingerprint density at radius 1 is 1.05 bits per heavy atom. The molecule has 20 heavy (non-hydrogen) atoms. The molecule has 0 aromatic heterocycles. The third-order valence-corrected chi connectivity index (χ3v) is 7.16. The van der Waals surface area contributed by atoms with Crippen molar-refractivity contribution in [2.75, 3.05) is 5.75 Å². The second-order valence-corrected chi connectivity index (χ2v) is 9.37. The van der Waals surface area contributed by atoms with E-state index >= 15 is 0 Å². The second-order valence-electron chi connectivity index (χ2n) is 7.44. The van der Waals surface area contributed by atoms with Gasteiger partial charge in [0.2, 0.25) is 5.91 Å². The Morgan fingerprint density at radius 3 is 2.05 bits per heavy atom. The zero-order valence-electron chi connectivity index (χ0n) is 11.5. The molecule has 4 bridgehead atoms. The summed E-state index contributed by atoms with van der Waals surface area (Å²) < 4.78 is 22.9. The van der Waals surface area contributed by atoms with Crippen LogP contribution in [0.4, 0.5) is 0 Å². The zero-order valence-corrected chi connectivity index (χ0v) is 12.4. The highest BCUT2D eigenvalue weighted by Gasteiger charge is 2.54. The second kappa shape index (κ2) is 4.09. The van der Waals surface area contributed by atoms with E-state index in [0.717, 1.165) is 37.0 Å². The van der Waals surface area contributed by atoms with Crippen molar-refractivity contribution in [3.8, 4) is 0 Å². The number of amides is 1. The molecule has 1 unspecified atom stereocenters. The summed E-state index contributed by atoms with van der Waals surface area (Å²) in [5.74, 6) is 2.34. The van der Waals surface area contributed by atoms with Gasteiger partial charge in [-0.05, 0) is 62.4 Å². The first-order valence-corrected chi connectivity index (χ1v) is 9.38. The van der Waals surface area contributed by atoms with E-state index in [2.05, 4.69) is 5.32 Å².